The molecule has 32 heavy (non-hydrogen) atoms. The molecule has 12 heteroatoms. The third kappa shape index (κ3) is 3.78. The summed E-state index contributed by atoms with van der Waals surface area (Å²) in [6, 6.07) is 10.7. The van der Waals surface area contributed by atoms with Crippen LogP contribution < -0.4 is 10.2 Å². The number of benzene rings is 2. The topological polar surface area (TPSA) is 139 Å². The Kier molecular flexibility index (Phi) is 5.36. The van der Waals surface area contributed by atoms with Crippen LogP contribution in [0.2, 0.25) is 0 Å². The molecule has 1 aliphatic rings. The zero-order valence-corrected chi connectivity index (χ0v) is 17.8. The lowest BCUT2D eigenvalue weighted by Crippen LogP contribution is -2.29. The van der Waals surface area contributed by atoms with Gasteiger partial charge in [-0.3, -0.25) is 34.7 Å². The maximum atomic E-state index is 12.5. The van der Waals surface area contributed by atoms with Crippen molar-refractivity contribution in [3.8, 4) is 0 Å². The minimum absolute atomic E-state index is 0.0805. The third-order valence-electron chi connectivity index (χ3n) is 4.77. The second-order valence-corrected chi connectivity index (χ2v) is 8.11. The van der Waals surface area contributed by atoms with E-state index in [9.17, 15) is 24.5 Å². The predicted molar refractivity (Wildman–Crippen MR) is 116 cm³/mol. The molecule has 0 saturated carbocycles. The molecule has 162 valence electrons. The second kappa shape index (κ2) is 8.15. The van der Waals surface area contributed by atoms with Crippen molar-refractivity contribution in [2.75, 3.05) is 24.3 Å². The zero-order chi connectivity index (χ0) is 23.0. The van der Waals surface area contributed by atoms with Crippen molar-refractivity contribution in [1.29, 1.82) is 0 Å². The maximum Gasteiger partial charge on any atom is 0.293 e. The Morgan fingerprint density at radius 1 is 1.12 bits per heavy atom. The van der Waals surface area contributed by atoms with Crippen molar-refractivity contribution in [2.24, 2.45) is 0 Å². The number of nitrogens with one attached hydrogen (secondary N) is 1. The van der Waals surface area contributed by atoms with Gasteiger partial charge < -0.3 is 4.90 Å². The number of carbonyl (C=O) groups excluding carboxylic acids is 3. The monoisotopic (exact) mass is 452 g/mol. The van der Waals surface area contributed by atoms with Gasteiger partial charge in [-0.05, 0) is 24.3 Å². The van der Waals surface area contributed by atoms with Crippen molar-refractivity contribution in [3.63, 3.8) is 0 Å². The smallest absolute Gasteiger partial charge is 0.293 e. The molecular weight excluding hydrogens is 436 g/mol. The average molecular weight is 452 g/mol. The van der Waals surface area contributed by atoms with Crippen molar-refractivity contribution < 1.29 is 19.3 Å². The Hall–Kier alpha value is -4.19. The van der Waals surface area contributed by atoms with Crippen LogP contribution in [0.5, 0.6) is 0 Å². The van der Waals surface area contributed by atoms with Gasteiger partial charge in [0.25, 0.3) is 23.4 Å². The van der Waals surface area contributed by atoms with Gasteiger partial charge in [-0.15, -0.1) is 10.2 Å². The summed E-state index contributed by atoms with van der Waals surface area (Å²) in [5.74, 6) is -1.43. The molecule has 0 fully saturated rings. The molecule has 4 rings (SSSR count). The fourth-order valence-electron chi connectivity index (χ4n) is 3.24. The summed E-state index contributed by atoms with van der Waals surface area (Å²) in [6.45, 7) is -0.0805. The van der Waals surface area contributed by atoms with E-state index in [2.05, 4.69) is 15.5 Å². The van der Waals surface area contributed by atoms with E-state index in [0.29, 0.717) is 21.8 Å². The summed E-state index contributed by atoms with van der Waals surface area (Å²) in [5, 5.41) is 22.2. The lowest BCUT2D eigenvalue weighted by atomic mass is 10.1. The summed E-state index contributed by atoms with van der Waals surface area (Å²) in [7, 11) is 3.33. The van der Waals surface area contributed by atoms with E-state index in [4.69, 9.17) is 0 Å². The molecule has 11 nitrogen and oxygen atoms in total. The molecule has 0 spiro atoms. The molecule has 1 aliphatic heterocycles. The van der Waals surface area contributed by atoms with Crippen LogP contribution in [0.25, 0.3) is 0 Å². The summed E-state index contributed by atoms with van der Waals surface area (Å²) >= 11 is 1.00. The second-order valence-electron chi connectivity index (χ2n) is 7.05. The number of nitrogens with zero attached hydrogens (tertiary/aromatic N) is 5. The number of carbonyl (C=O) groups is 3. The summed E-state index contributed by atoms with van der Waals surface area (Å²) in [4.78, 5) is 50.9. The van der Waals surface area contributed by atoms with Crippen molar-refractivity contribution in [1.82, 2.24) is 15.1 Å². The van der Waals surface area contributed by atoms with E-state index in [1.807, 2.05) is 0 Å². The van der Waals surface area contributed by atoms with Crippen molar-refractivity contribution in [2.45, 2.75) is 6.54 Å². The first-order valence-corrected chi connectivity index (χ1v) is 10.1. The maximum absolute atomic E-state index is 12.5. The summed E-state index contributed by atoms with van der Waals surface area (Å²) in [5.41, 5.74) is 0.910. The van der Waals surface area contributed by atoms with Gasteiger partial charge in [0.1, 0.15) is 10.7 Å². The highest BCUT2D eigenvalue weighted by Crippen LogP contribution is 2.29. The van der Waals surface area contributed by atoms with Crippen LogP contribution in [0.4, 0.5) is 16.5 Å². The van der Waals surface area contributed by atoms with Crippen LogP contribution in [0.3, 0.4) is 0 Å². The first kappa shape index (κ1) is 21.1. The summed E-state index contributed by atoms with van der Waals surface area (Å²) in [6.07, 6.45) is 0. The number of hydrogen-bond donors (Lipinski definition) is 1. The number of anilines is 2. The van der Waals surface area contributed by atoms with E-state index >= 15 is 0 Å². The van der Waals surface area contributed by atoms with E-state index in [1.54, 1.807) is 43.3 Å². The number of fused-ring (bicyclic) bond motifs is 1. The molecule has 3 aromatic rings. The van der Waals surface area contributed by atoms with E-state index in [0.717, 1.165) is 16.2 Å². The van der Waals surface area contributed by atoms with Crippen molar-refractivity contribution in [3.05, 3.63) is 74.3 Å². The van der Waals surface area contributed by atoms with Gasteiger partial charge in [0.15, 0.2) is 0 Å². The van der Waals surface area contributed by atoms with Gasteiger partial charge in [0.2, 0.25) is 5.13 Å². The SMILES string of the molecule is CN(C)c1ccc(C(=O)Nc2nnc(CN3C(=O)c4ccccc4C3=O)s2)cc1[N+](=O)[O-]. The highest BCUT2D eigenvalue weighted by atomic mass is 32.1. The van der Waals surface area contributed by atoms with Crippen LogP contribution >= 0.6 is 11.3 Å². The number of nitro benzene ring substituents is 1. The molecule has 3 amide bonds. The molecule has 0 bridgehead atoms. The summed E-state index contributed by atoms with van der Waals surface area (Å²) < 4.78 is 0. The van der Waals surface area contributed by atoms with Gasteiger partial charge in [0, 0.05) is 25.7 Å². The lowest BCUT2D eigenvalue weighted by Gasteiger charge is -2.13. The number of nitro groups is 1. The Balaban J connectivity index is 1.48. The quantitative estimate of drug-likeness (QED) is 0.342. The fraction of sp³-hybridized carbons (Fsp3) is 0.150. The normalized spacial score (nSPS) is 12.6. The average Bonchev–Trinajstić information content (AvgIpc) is 3.31. The minimum Gasteiger partial charge on any atom is -0.372 e. The molecule has 0 atom stereocenters. The van der Waals surface area contributed by atoms with Gasteiger partial charge in [-0.1, -0.05) is 23.5 Å². The van der Waals surface area contributed by atoms with Gasteiger partial charge >= 0.3 is 0 Å². The van der Waals surface area contributed by atoms with Gasteiger partial charge in [-0.25, -0.2) is 0 Å². The van der Waals surface area contributed by atoms with Crippen LogP contribution in [-0.2, 0) is 6.54 Å². The molecule has 0 saturated heterocycles. The van der Waals surface area contributed by atoms with Crippen molar-refractivity contribution >= 4 is 45.6 Å². The lowest BCUT2D eigenvalue weighted by molar-refractivity contribution is -0.384. The predicted octanol–water partition coefficient (Wildman–Crippen LogP) is 2.56. The molecule has 0 radical (unpaired) electrons. The highest BCUT2D eigenvalue weighted by Gasteiger charge is 2.35. The highest BCUT2D eigenvalue weighted by molar-refractivity contribution is 7.15. The van der Waals surface area contributed by atoms with Gasteiger partial charge in [0.05, 0.1) is 22.6 Å². The van der Waals surface area contributed by atoms with E-state index < -0.39 is 22.6 Å². The molecule has 1 aromatic heterocycles. The number of hydrogen-bond acceptors (Lipinski definition) is 9. The molecule has 2 aromatic carbocycles. The third-order valence-corrected chi connectivity index (χ3v) is 5.60. The number of aromatic nitrogens is 2. The van der Waals surface area contributed by atoms with E-state index in [1.165, 1.54) is 18.2 Å². The van der Waals surface area contributed by atoms with Crippen LogP contribution in [0.15, 0.2) is 42.5 Å². The number of imide groups is 1. The fourth-order valence-corrected chi connectivity index (χ4v) is 3.97. The molecular formula is C20H16N6O5S. The molecule has 0 aliphatic carbocycles. The van der Waals surface area contributed by atoms with E-state index in [-0.39, 0.29) is 22.9 Å². The Labute approximate surface area is 185 Å². The Morgan fingerprint density at radius 2 is 1.78 bits per heavy atom. The molecule has 1 N–H and O–H groups in total. The van der Waals surface area contributed by atoms with Gasteiger partial charge in [-0.2, -0.15) is 0 Å². The van der Waals surface area contributed by atoms with Crippen LogP contribution in [0, 0.1) is 10.1 Å². The number of amides is 3. The van der Waals surface area contributed by atoms with Crippen LogP contribution in [0.1, 0.15) is 36.1 Å². The Bertz CT molecular complexity index is 1240. The Morgan fingerprint density at radius 3 is 2.38 bits per heavy atom. The first-order chi connectivity index (χ1) is 15.3. The number of rotatable bonds is 6. The van der Waals surface area contributed by atoms with Crippen LogP contribution in [-0.4, -0.2) is 51.8 Å². The molecule has 0 unspecified atom stereocenters. The molecule has 2 heterocycles. The standard InChI is InChI=1S/C20H16N6O5S/c1-24(2)14-8-7-11(9-15(14)26(30)31)17(27)21-20-23-22-16(32-20)10-25-18(28)12-5-3-4-6-13(12)19(25)29/h3-9H,10H2,1-2H3,(H,21,23,27). The largest absolute Gasteiger partial charge is 0.372 e. The zero-order valence-electron chi connectivity index (χ0n) is 16.9. The minimum atomic E-state index is -0.596. The first-order valence-electron chi connectivity index (χ1n) is 9.31.